The topological polar surface area (TPSA) is 458 Å². The van der Waals surface area contributed by atoms with Gasteiger partial charge in [0.1, 0.15) is 34.5 Å². The van der Waals surface area contributed by atoms with Crippen LogP contribution in [0.4, 0.5) is 39.9 Å². The van der Waals surface area contributed by atoms with E-state index in [1.807, 2.05) is 108 Å². The Morgan fingerprint density at radius 3 is 1.47 bits per heavy atom. The van der Waals surface area contributed by atoms with Gasteiger partial charge in [-0.1, -0.05) is 132 Å². The SMILES string of the molecule is CCC(=O)NS(=O)(=O)c1ccc(-c2c(-c3ccccc3)noc2C)cc1.CS(=O)(=O)c1ccc(-n2nccc2-c2ccc(F)cc2)cc1.Cc1onc(-c2ccccc2)c1-c1ccc(S(N)(=O)=O)cc1.NS(=O)(=O)c1ccc(-n2nc(CSCC(=O)NCCOCCOCCNC(=O)CCCC[C@H]3SC[C@H]4NC(=O)N[C@H]43)cc2-c2ccc(Cl)cc2)cc1.O=C(c1ccc(-n2nc(C(F)(F)F)cc2-c2ccc(F)cc2)cc1)C(F)(F)F. The van der Waals surface area contributed by atoms with Crippen molar-refractivity contribution in [2.45, 2.75) is 108 Å². The molecule has 0 saturated carbocycles. The van der Waals surface area contributed by atoms with Crippen LogP contribution in [0.2, 0.25) is 5.02 Å². The summed E-state index contributed by atoms with van der Waals surface area (Å²) in [5.74, 6) is -0.672. The molecule has 150 heavy (non-hydrogen) atoms. The van der Waals surface area contributed by atoms with E-state index < -0.39 is 81.0 Å². The Balaban J connectivity index is 0.000000164. The summed E-state index contributed by atoms with van der Waals surface area (Å²) in [6, 6.07) is 71.1. The second-order valence-corrected chi connectivity index (χ2v) is 43.0. The third-order valence-corrected chi connectivity index (χ3v) is 29.9. The van der Waals surface area contributed by atoms with Crippen LogP contribution in [0.25, 0.3) is 95.6 Å². The highest BCUT2D eigenvalue weighted by molar-refractivity contribution is 8.00. The molecule has 3 atom stereocenters. The van der Waals surface area contributed by atoms with Crippen LogP contribution in [-0.2, 0) is 75.7 Å². The lowest BCUT2D eigenvalue weighted by Gasteiger charge is -2.16. The van der Waals surface area contributed by atoms with Crippen molar-refractivity contribution >= 4 is 105 Å². The largest absolute Gasteiger partial charge is 0.454 e. The number of ketones is 1. The van der Waals surface area contributed by atoms with Gasteiger partial charge in [0, 0.05) is 87.3 Å². The molecule has 786 valence electrons. The van der Waals surface area contributed by atoms with Crippen LogP contribution in [0.1, 0.15) is 72.3 Å². The summed E-state index contributed by atoms with van der Waals surface area (Å²) in [4.78, 5) is 59.0. The third kappa shape index (κ3) is 31.0. The van der Waals surface area contributed by atoms with Gasteiger partial charge in [0.15, 0.2) is 15.5 Å². The van der Waals surface area contributed by atoms with Crippen molar-refractivity contribution in [1.29, 1.82) is 0 Å². The highest BCUT2D eigenvalue weighted by Crippen LogP contribution is 2.40. The molecule has 0 spiro atoms. The van der Waals surface area contributed by atoms with Crippen molar-refractivity contribution in [3.8, 4) is 95.6 Å². The number of sulfonamides is 3. The molecule has 47 heteroatoms. The fourth-order valence-corrected chi connectivity index (χ4v) is 20.5. The summed E-state index contributed by atoms with van der Waals surface area (Å²) in [7, 11) is -14.6. The average Bonchev–Trinajstić information content (AvgIpc) is 1.62. The smallest absolute Gasteiger partial charge is 0.377 e. The number of rotatable bonds is 35. The molecule has 2 fully saturated rings. The highest BCUT2D eigenvalue weighted by Gasteiger charge is 2.43. The molecular formula is C103H98ClF8N15O17S6. The molecule has 0 bridgehead atoms. The summed E-state index contributed by atoms with van der Waals surface area (Å²) in [5.41, 5.74) is 10.2. The predicted molar refractivity (Wildman–Crippen MR) is 551 cm³/mol. The Kier molecular flexibility index (Phi) is 38.2. The number of carbonyl (C=O) groups is 5. The number of nitrogens with two attached hydrogens (primary N) is 2. The van der Waals surface area contributed by atoms with E-state index in [2.05, 4.69) is 41.8 Å². The van der Waals surface area contributed by atoms with Gasteiger partial charge in [-0.05, 0) is 214 Å². The number of fused-ring (bicyclic) bond motifs is 1. The molecule has 0 radical (unpaired) electrons. The summed E-state index contributed by atoms with van der Waals surface area (Å²) in [6.45, 7) is 7.51. The van der Waals surface area contributed by atoms with Crippen LogP contribution in [0.5, 0.6) is 0 Å². The Morgan fingerprint density at radius 1 is 0.520 bits per heavy atom. The summed E-state index contributed by atoms with van der Waals surface area (Å²) >= 11 is 9.39. The number of ether oxygens (including phenoxy) is 2. The van der Waals surface area contributed by atoms with Gasteiger partial charge in [-0.3, -0.25) is 19.2 Å². The van der Waals surface area contributed by atoms with E-state index in [1.165, 1.54) is 78.7 Å². The van der Waals surface area contributed by atoms with E-state index in [4.69, 9.17) is 45.5 Å². The lowest BCUT2D eigenvalue weighted by molar-refractivity contribution is -0.141. The molecule has 2 aliphatic heterocycles. The average molecular weight is 2200 g/mol. The fraction of sp³-hybridized carbons (Fsp3) is 0.223. The van der Waals surface area contributed by atoms with Crippen LogP contribution >= 0.6 is 35.1 Å². The number of aryl methyl sites for hydroxylation is 2. The van der Waals surface area contributed by atoms with E-state index in [1.54, 1.807) is 114 Å². The molecule has 7 heterocycles. The van der Waals surface area contributed by atoms with Crippen LogP contribution in [0, 0.1) is 25.5 Å². The Bertz CT molecular complexity index is 7680. The minimum Gasteiger partial charge on any atom is -0.377 e. The molecule has 2 aliphatic rings. The van der Waals surface area contributed by atoms with Crippen LogP contribution < -0.4 is 36.3 Å². The second kappa shape index (κ2) is 50.8. The van der Waals surface area contributed by atoms with Crippen molar-refractivity contribution < 1.29 is 111 Å². The van der Waals surface area contributed by atoms with Crippen molar-refractivity contribution in [3.05, 3.63) is 324 Å². The highest BCUT2D eigenvalue weighted by atomic mass is 35.5. The van der Waals surface area contributed by atoms with E-state index in [0.717, 1.165) is 145 Å². The molecule has 2 saturated heterocycles. The molecule has 9 N–H and O–H groups in total. The molecule has 0 aliphatic carbocycles. The van der Waals surface area contributed by atoms with Crippen molar-refractivity contribution in [2.24, 2.45) is 10.3 Å². The number of hydrogen-bond acceptors (Lipinski definition) is 24. The molecule has 5 amide bonds. The van der Waals surface area contributed by atoms with E-state index >= 15 is 0 Å². The molecule has 10 aromatic carbocycles. The lowest BCUT2D eigenvalue weighted by atomic mass is 10.00. The number of carbonyl (C=O) groups excluding carboxylic acids is 5. The van der Waals surface area contributed by atoms with Crippen molar-refractivity contribution in [1.82, 2.24) is 65.6 Å². The molecular weight excluding hydrogens is 2100 g/mol. The predicted octanol–water partition coefficient (Wildman–Crippen LogP) is 18.1. The fourth-order valence-electron chi connectivity index (χ4n) is 15.4. The first-order valence-electron chi connectivity index (χ1n) is 45.9. The van der Waals surface area contributed by atoms with Crippen LogP contribution in [0.3, 0.4) is 0 Å². The van der Waals surface area contributed by atoms with Crippen molar-refractivity contribution in [3.63, 3.8) is 0 Å². The Morgan fingerprint density at radius 2 is 0.973 bits per heavy atom. The normalized spacial score (nSPS) is 13.9. The molecule has 15 aromatic rings. The van der Waals surface area contributed by atoms with Gasteiger partial charge >= 0.3 is 18.4 Å². The number of nitrogens with one attached hydrogen (secondary N) is 5. The Labute approximate surface area is 870 Å². The van der Waals surface area contributed by atoms with E-state index in [9.17, 15) is 92.8 Å². The Hall–Kier alpha value is -14.3. The minimum absolute atomic E-state index is 0.00543. The first-order chi connectivity index (χ1) is 71.4. The quantitative estimate of drug-likeness (QED) is 0.00839. The number of aromatic nitrogens is 8. The maximum atomic E-state index is 13.1. The zero-order chi connectivity index (χ0) is 108. The standard InChI is InChI=1S/C34H44ClN7O7S3.C19H18N2O4S.C18H9F7N2O.C16H13FN2O2S.C16H14N2O3S/c35-24-7-5-23(6-8-24)29-19-25(41-42(29)26-9-11-27(12-10-26)52(36,46)47)20-50-22-32(44)38-14-16-49-18-17-48-15-13-37-31(43)4-2-1-3-30-33-28(21-51-30)39-34(45)40-33;1-3-17(22)21-26(23,24)16-11-9-14(10-12-16)18-13(2)25-20-19(18)15-7-5-4-6-8-15;19-12-5-1-10(2-6-12)14-9-15(17(20,21)22)26-27(14)13-7-3-11(4-8-13)16(28)18(23,24)25;1-22(20,21)15-8-6-14(7-9-15)19-16(10-11-18-19)12-2-4-13(17)5-3-12;1-11-15(12-7-9-14(10-8-12)22(17,19)20)16(18-21-11)13-5-3-2-4-6-13/h5-12,19,28,30,33H,1-4,13-18,20-22H2,(H,37,43)(H,38,44)(H2,36,46,47)(H2,39,40,45);4-12H,3H2,1-2H3,(H,21,22);1-9H;2-11H,1H3;2-10H,1H3,(H2,17,19,20)/t28-,30-,33-;;;;/m1..../s1. The zero-order valence-corrected chi connectivity index (χ0v) is 85.9. The lowest BCUT2D eigenvalue weighted by Crippen LogP contribution is -2.36. The number of halogens is 9. The van der Waals surface area contributed by atoms with E-state index in [-0.39, 0.29) is 84.4 Å². The van der Waals surface area contributed by atoms with Gasteiger partial charge in [0.25, 0.3) is 15.8 Å². The number of sulfone groups is 1. The van der Waals surface area contributed by atoms with Crippen molar-refractivity contribution in [2.75, 3.05) is 57.3 Å². The number of amides is 5. The minimum atomic E-state index is -5.07. The summed E-state index contributed by atoms with van der Waals surface area (Å²) in [5, 5.41) is 43.7. The van der Waals surface area contributed by atoms with Gasteiger partial charge in [-0.15, -0.1) is 11.8 Å². The number of hydrogen-bond donors (Lipinski definition) is 7. The molecule has 5 aromatic heterocycles. The summed E-state index contributed by atoms with van der Waals surface area (Å²) < 4.78 is 224. The number of thioether (sulfide) groups is 2. The molecule has 32 nitrogen and oxygen atoms in total. The number of unbranched alkanes of at least 4 members (excludes halogenated alkanes) is 1. The monoisotopic (exact) mass is 2200 g/mol. The second-order valence-electron chi connectivity index (χ2n) is 33.5. The number of nitrogens with zero attached hydrogens (tertiary/aromatic N) is 8. The molecule has 17 rings (SSSR count). The number of alkyl halides is 6. The number of benzene rings is 10. The number of urea groups is 1. The molecule has 0 unspecified atom stereocenters. The number of Topliss-reactive ketones (excluding diaryl/α,β-unsaturated/α-hetero) is 1. The van der Waals surface area contributed by atoms with Gasteiger partial charge < -0.3 is 39.8 Å². The zero-order valence-electron chi connectivity index (χ0n) is 80.2. The van der Waals surface area contributed by atoms with Crippen LogP contribution in [0.15, 0.2) is 308 Å². The van der Waals surface area contributed by atoms with E-state index in [0.29, 0.717) is 84.9 Å². The van der Waals surface area contributed by atoms with Crippen LogP contribution in [-0.4, -0.2) is 184 Å². The van der Waals surface area contributed by atoms with Gasteiger partial charge in [-0.25, -0.2) is 76.3 Å². The first kappa shape index (κ1) is 113. The third-order valence-electron chi connectivity index (χ3n) is 22.8. The maximum absolute atomic E-state index is 13.1. The van der Waals surface area contributed by atoms with Gasteiger partial charge in [0.2, 0.25) is 37.8 Å². The maximum Gasteiger partial charge on any atom is 0.454 e. The number of primary sulfonamides is 2. The van der Waals surface area contributed by atoms with Gasteiger partial charge in [-0.2, -0.15) is 53.4 Å². The van der Waals surface area contributed by atoms with Gasteiger partial charge in [0.05, 0.1) is 121 Å². The first-order valence-corrected chi connectivity index (χ1v) is 54.9. The summed E-state index contributed by atoms with van der Waals surface area (Å²) in [6.07, 6.45) is -3.72.